The SMILES string of the molecule is Pc1nc2nc(-c3ccccc3)c(Br)n2c(P)c1P. The van der Waals surface area contributed by atoms with Crippen molar-refractivity contribution in [1.82, 2.24) is 14.4 Å². The summed E-state index contributed by atoms with van der Waals surface area (Å²) in [5.41, 5.74) is 3.89. The molecule has 7 heteroatoms. The third-order valence-corrected chi connectivity index (χ3v) is 5.86. The van der Waals surface area contributed by atoms with Crippen LogP contribution in [0.4, 0.5) is 0 Å². The van der Waals surface area contributed by atoms with Crippen LogP contribution < -0.4 is 16.2 Å². The van der Waals surface area contributed by atoms with Gasteiger partial charge in [-0.15, -0.1) is 9.24 Å². The average molecular weight is 370 g/mol. The molecule has 0 saturated heterocycles. The fourth-order valence-corrected chi connectivity index (χ4v) is 3.75. The Labute approximate surface area is 126 Å². The molecule has 0 radical (unpaired) electrons. The highest BCUT2D eigenvalue weighted by molar-refractivity contribution is 9.10. The topological polar surface area (TPSA) is 30.2 Å². The zero-order valence-corrected chi connectivity index (χ0v) is 14.9. The molecule has 2 heterocycles. The Balaban J connectivity index is 2.36. The Bertz CT molecular complexity index is 771. The van der Waals surface area contributed by atoms with E-state index in [1.807, 2.05) is 34.7 Å². The summed E-state index contributed by atoms with van der Waals surface area (Å²) >= 11 is 3.63. The summed E-state index contributed by atoms with van der Waals surface area (Å²) in [6.07, 6.45) is 0. The molecular weight excluding hydrogens is 359 g/mol. The molecule has 0 N–H and O–H groups in total. The smallest absolute Gasteiger partial charge is 0.236 e. The minimum Gasteiger partial charge on any atom is -0.270 e. The lowest BCUT2D eigenvalue weighted by atomic mass is 10.2. The minimum absolute atomic E-state index is 0.687. The van der Waals surface area contributed by atoms with E-state index in [-0.39, 0.29) is 0 Å². The summed E-state index contributed by atoms with van der Waals surface area (Å²) in [5.74, 6) is 0.687. The minimum atomic E-state index is 0.687. The van der Waals surface area contributed by atoms with Crippen LogP contribution in [-0.4, -0.2) is 14.4 Å². The van der Waals surface area contributed by atoms with Crippen LogP contribution in [0.3, 0.4) is 0 Å². The van der Waals surface area contributed by atoms with E-state index in [1.54, 1.807) is 0 Å². The molecule has 0 bridgehead atoms. The maximum atomic E-state index is 4.61. The van der Waals surface area contributed by atoms with Crippen molar-refractivity contribution in [3.63, 3.8) is 0 Å². The molecule has 0 aliphatic rings. The number of imidazole rings is 1. The Morgan fingerprint density at radius 2 is 1.68 bits per heavy atom. The molecule has 3 unspecified atom stereocenters. The van der Waals surface area contributed by atoms with Gasteiger partial charge in [-0.1, -0.05) is 48.8 Å². The van der Waals surface area contributed by atoms with Gasteiger partial charge in [-0.25, -0.2) is 9.97 Å². The van der Waals surface area contributed by atoms with E-state index in [0.29, 0.717) is 5.78 Å². The molecule has 0 amide bonds. The first-order chi connectivity index (χ1) is 9.09. The second-order valence-corrected chi connectivity index (χ2v) is 6.47. The van der Waals surface area contributed by atoms with Gasteiger partial charge in [0.2, 0.25) is 5.78 Å². The van der Waals surface area contributed by atoms with Gasteiger partial charge in [0.05, 0.1) is 10.9 Å². The highest BCUT2D eigenvalue weighted by atomic mass is 79.9. The van der Waals surface area contributed by atoms with Crippen LogP contribution in [0.25, 0.3) is 17.0 Å². The summed E-state index contributed by atoms with van der Waals surface area (Å²) in [7, 11) is 8.08. The van der Waals surface area contributed by atoms with Crippen LogP contribution in [0.15, 0.2) is 34.9 Å². The maximum absolute atomic E-state index is 4.61. The summed E-state index contributed by atoms with van der Waals surface area (Å²) in [5, 5.41) is 1.04. The van der Waals surface area contributed by atoms with Crippen LogP contribution in [-0.2, 0) is 0 Å². The third-order valence-electron chi connectivity index (χ3n) is 2.86. The fourth-order valence-electron chi connectivity index (χ4n) is 1.88. The quantitative estimate of drug-likeness (QED) is 0.610. The van der Waals surface area contributed by atoms with E-state index in [4.69, 9.17) is 0 Å². The summed E-state index contributed by atoms with van der Waals surface area (Å²) < 4.78 is 2.91. The molecule has 0 aliphatic heterocycles. The largest absolute Gasteiger partial charge is 0.270 e. The Hall–Kier alpha value is -0.390. The van der Waals surface area contributed by atoms with Gasteiger partial charge >= 0.3 is 0 Å². The molecule has 0 saturated carbocycles. The van der Waals surface area contributed by atoms with Crippen LogP contribution >= 0.6 is 43.6 Å². The van der Waals surface area contributed by atoms with E-state index < -0.39 is 0 Å². The summed E-state index contributed by atoms with van der Waals surface area (Å²) in [6, 6.07) is 10.1. The predicted octanol–water partition coefficient (Wildman–Crippen LogP) is 1.66. The first kappa shape index (κ1) is 13.6. The van der Waals surface area contributed by atoms with Crippen molar-refractivity contribution in [2.75, 3.05) is 0 Å². The standard InChI is InChI=1S/C12H11BrN3P3/c13-9-7(6-4-2-1-3-5-6)14-12-15-10(18)8(17)11(19)16(9)12/h1-5H,17-19H2. The van der Waals surface area contributed by atoms with Gasteiger partial charge in [0.1, 0.15) is 10.3 Å². The predicted molar refractivity (Wildman–Crippen MR) is 94.2 cm³/mol. The zero-order chi connectivity index (χ0) is 13.6. The molecule has 3 aromatic rings. The second kappa shape index (κ2) is 5.19. The maximum Gasteiger partial charge on any atom is 0.236 e. The van der Waals surface area contributed by atoms with Crippen molar-refractivity contribution < 1.29 is 0 Å². The monoisotopic (exact) mass is 369 g/mol. The summed E-state index contributed by atoms with van der Waals surface area (Å²) in [6.45, 7) is 0. The van der Waals surface area contributed by atoms with Gasteiger partial charge < -0.3 is 0 Å². The molecule has 0 aliphatic carbocycles. The first-order valence-corrected chi connectivity index (χ1v) is 8.06. The fraction of sp³-hybridized carbons (Fsp3) is 0. The van der Waals surface area contributed by atoms with E-state index in [0.717, 1.165) is 32.0 Å². The number of aromatic nitrogens is 3. The molecule has 3 rings (SSSR count). The zero-order valence-electron chi connectivity index (χ0n) is 9.84. The molecular formula is C12H11BrN3P3. The van der Waals surface area contributed by atoms with Crippen molar-refractivity contribution >= 4 is 65.6 Å². The lowest BCUT2D eigenvalue weighted by molar-refractivity contribution is 1.16. The molecule has 0 fully saturated rings. The molecule has 3 nitrogen and oxygen atoms in total. The van der Waals surface area contributed by atoms with Crippen LogP contribution in [0.5, 0.6) is 0 Å². The Morgan fingerprint density at radius 1 is 1.00 bits per heavy atom. The second-order valence-electron chi connectivity index (χ2n) is 4.05. The van der Waals surface area contributed by atoms with E-state index in [9.17, 15) is 0 Å². The number of fused-ring (bicyclic) bond motifs is 1. The van der Waals surface area contributed by atoms with Crippen LogP contribution in [0.2, 0.25) is 0 Å². The normalized spacial score (nSPS) is 11.2. The van der Waals surface area contributed by atoms with Crippen LogP contribution in [0.1, 0.15) is 0 Å². The lowest BCUT2D eigenvalue weighted by Crippen LogP contribution is -2.31. The first-order valence-electron chi connectivity index (χ1n) is 5.53. The van der Waals surface area contributed by atoms with Gasteiger partial charge in [0.15, 0.2) is 0 Å². The van der Waals surface area contributed by atoms with Gasteiger partial charge in [-0.2, -0.15) is 0 Å². The Kier molecular flexibility index (Phi) is 3.71. The van der Waals surface area contributed by atoms with E-state index in [1.165, 1.54) is 0 Å². The number of hydrogen-bond donors (Lipinski definition) is 0. The number of hydrogen-bond acceptors (Lipinski definition) is 2. The average Bonchev–Trinajstić information content (AvgIpc) is 2.74. The van der Waals surface area contributed by atoms with Gasteiger partial charge in [0, 0.05) is 10.9 Å². The molecule has 19 heavy (non-hydrogen) atoms. The van der Waals surface area contributed by atoms with Crippen molar-refractivity contribution in [2.45, 2.75) is 0 Å². The van der Waals surface area contributed by atoms with E-state index >= 15 is 0 Å². The highest BCUT2D eigenvalue weighted by Gasteiger charge is 2.16. The number of rotatable bonds is 1. The van der Waals surface area contributed by atoms with Gasteiger partial charge in [-0.05, 0) is 15.9 Å². The molecule has 96 valence electrons. The van der Waals surface area contributed by atoms with Gasteiger partial charge in [-0.3, -0.25) is 4.40 Å². The number of halogens is 1. The van der Waals surface area contributed by atoms with Crippen molar-refractivity contribution in [3.05, 3.63) is 34.9 Å². The van der Waals surface area contributed by atoms with E-state index in [2.05, 4.69) is 53.6 Å². The molecule has 2 aromatic heterocycles. The number of benzene rings is 1. The molecule has 3 atom stereocenters. The van der Waals surface area contributed by atoms with Crippen molar-refractivity contribution in [3.8, 4) is 11.3 Å². The Morgan fingerprint density at radius 3 is 2.37 bits per heavy atom. The molecule has 1 aromatic carbocycles. The van der Waals surface area contributed by atoms with Crippen molar-refractivity contribution in [1.29, 1.82) is 0 Å². The third kappa shape index (κ3) is 2.26. The molecule has 0 spiro atoms. The van der Waals surface area contributed by atoms with Crippen molar-refractivity contribution in [2.24, 2.45) is 0 Å². The van der Waals surface area contributed by atoms with Crippen LogP contribution in [0, 0.1) is 0 Å². The highest BCUT2D eigenvalue weighted by Crippen LogP contribution is 2.27. The summed E-state index contributed by atoms with van der Waals surface area (Å²) in [4.78, 5) is 9.11. The van der Waals surface area contributed by atoms with Gasteiger partial charge in [0.25, 0.3) is 0 Å². The number of nitrogens with zero attached hydrogens (tertiary/aromatic N) is 3. The lowest BCUT2D eigenvalue weighted by Gasteiger charge is -2.06.